The third-order valence-electron chi connectivity index (χ3n) is 4.96. The van der Waals surface area contributed by atoms with Gasteiger partial charge in [-0.3, -0.25) is 15.0 Å². The molecular formula is C16H22FN5O3. The van der Waals surface area contributed by atoms with E-state index in [1.165, 1.54) is 18.2 Å². The van der Waals surface area contributed by atoms with Crippen molar-refractivity contribution < 1.29 is 14.1 Å². The van der Waals surface area contributed by atoms with E-state index in [0.717, 1.165) is 0 Å². The quantitative estimate of drug-likeness (QED) is 0.613. The van der Waals surface area contributed by atoms with Crippen molar-refractivity contribution in [3.05, 3.63) is 34.1 Å². The second-order valence-corrected chi connectivity index (χ2v) is 6.86. The Bertz CT molecular complexity index is 686. The van der Waals surface area contributed by atoms with Crippen LogP contribution in [0.25, 0.3) is 0 Å². The highest BCUT2D eigenvalue weighted by atomic mass is 19.1. The van der Waals surface area contributed by atoms with Crippen LogP contribution in [-0.2, 0) is 0 Å². The van der Waals surface area contributed by atoms with Crippen LogP contribution >= 0.6 is 0 Å². The number of nitro benzene ring substituents is 1. The Morgan fingerprint density at radius 2 is 1.84 bits per heavy atom. The first kappa shape index (κ1) is 17.4. The van der Waals surface area contributed by atoms with E-state index in [0.29, 0.717) is 26.4 Å². The van der Waals surface area contributed by atoms with E-state index < -0.39 is 10.7 Å². The number of benzene rings is 1. The number of anilines is 1. The van der Waals surface area contributed by atoms with Crippen molar-refractivity contribution in [3.63, 3.8) is 0 Å². The lowest BCUT2D eigenvalue weighted by Crippen LogP contribution is -2.59. The molecule has 0 spiro atoms. The van der Waals surface area contributed by atoms with Crippen LogP contribution in [0.15, 0.2) is 18.2 Å². The molecular weight excluding hydrogens is 329 g/mol. The molecule has 2 fully saturated rings. The standard InChI is InChI=1S/C16H22FN5O3/c1-11-7-20(15-12(17)5-4-6-13(15)22(24)25)8-14(11)21-9-18(2)16(23)19(3)10-21/h4-6,11,14H,7-10H2,1-3H3. The first-order valence-electron chi connectivity index (χ1n) is 8.17. The third kappa shape index (κ3) is 3.11. The van der Waals surface area contributed by atoms with Crippen LogP contribution in [0.5, 0.6) is 0 Å². The van der Waals surface area contributed by atoms with E-state index in [-0.39, 0.29) is 29.4 Å². The number of nitro groups is 1. The fourth-order valence-electron chi connectivity index (χ4n) is 3.78. The minimum atomic E-state index is -0.579. The number of carbonyl (C=O) groups is 1. The zero-order chi connectivity index (χ0) is 18.3. The van der Waals surface area contributed by atoms with Crippen molar-refractivity contribution in [2.75, 3.05) is 45.4 Å². The number of urea groups is 1. The molecule has 9 heteroatoms. The maximum atomic E-state index is 14.3. The largest absolute Gasteiger partial charge is 0.362 e. The first-order valence-corrected chi connectivity index (χ1v) is 8.17. The summed E-state index contributed by atoms with van der Waals surface area (Å²) in [7, 11) is 3.48. The van der Waals surface area contributed by atoms with Gasteiger partial charge in [0, 0.05) is 39.3 Å². The summed E-state index contributed by atoms with van der Waals surface area (Å²) < 4.78 is 14.3. The van der Waals surface area contributed by atoms with Gasteiger partial charge in [0.2, 0.25) is 0 Å². The van der Waals surface area contributed by atoms with E-state index in [2.05, 4.69) is 4.90 Å². The van der Waals surface area contributed by atoms with Crippen molar-refractivity contribution in [3.8, 4) is 0 Å². The predicted molar refractivity (Wildman–Crippen MR) is 90.7 cm³/mol. The zero-order valence-electron chi connectivity index (χ0n) is 14.6. The average molecular weight is 351 g/mol. The number of hydrogen-bond acceptors (Lipinski definition) is 5. The van der Waals surface area contributed by atoms with Gasteiger partial charge >= 0.3 is 6.03 Å². The number of halogens is 1. The van der Waals surface area contributed by atoms with Gasteiger partial charge in [0.25, 0.3) is 5.69 Å². The van der Waals surface area contributed by atoms with Gasteiger partial charge in [0.1, 0.15) is 0 Å². The molecule has 0 aromatic heterocycles. The van der Waals surface area contributed by atoms with Crippen molar-refractivity contribution in [1.29, 1.82) is 0 Å². The Kier molecular flexibility index (Phi) is 4.51. The first-order chi connectivity index (χ1) is 11.8. The second kappa shape index (κ2) is 6.47. The van der Waals surface area contributed by atoms with Crippen LogP contribution in [0.2, 0.25) is 0 Å². The van der Waals surface area contributed by atoms with E-state index >= 15 is 0 Å². The number of amides is 2. The molecule has 0 N–H and O–H groups in total. The van der Waals surface area contributed by atoms with Gasteiger partial charge in [-0.15, -0.1) is 0 Å². The van der Waals surface area contributed by atoms with Gasteiger partial charge < -0.3 is 14.7 Å². The van der Waals surface area contributed by atoms with Gasteiger partial charge in [-0.05, 0) is 12.0 Å². The number of para-hydroxylation sites is 1. The summed E-state index contributed by atoms with van der Waals surface area (Å²) in [5.74, 6) is -0.390. The Morgan fingerprint density at radius 1 is 1.20 bits per heavy atom. The van der Waals surface area contributed by atoms with Crippen LogP contribution in [0.3, 0.4) is 0 Å². The highest BCUT2D eigenvalue weighted by Crippen LogP contribution is 2.36. The average Bonchev–Trinajstić information content (AvgIpc) is 2.93. The molecule has 2 heterocycles. The van der Waals surface area contributed by atoms with Crippen LogP contribution < -0.4 is 4.90 Å². The van der Waals surface area contributed by atoms with Crippen LogP contribution in [0, 0.1) is 21.8 Å². The van der Waals surface area contributed by atoms with Crippen molar-refractivity contribution in [2.24, 2.45) is 5.92 Å². The van der Waals surface area contributed by atoms with Gasteiger partial charge in [-0.2, -0.15) is 0 Å². The molecule has 2 atom stereocenters. The third-order valence-corrected chi connectivity index (χ3v) is 4.96. The van der Waals surface area contributed by atoms with Crippen molar-refractivity contribution in [1.82, 2.24) is 14.7 Å². The summed E-state index contributed by atoms with van der Waals surface area (Å²) in [5, 5.41) is 11.3. The molecule has 1 aromatic carbocycles. The molecule has 25 heavy (non-hydrogen) atoms. The topological polar surface area (TPSA) is 73.2 Å². The molecule has 1 aromatic rings. The molecule has 2 unspecified atom stereocenters. The molecule has 8 nitrogen and oxygen atoms in total. The monoisotopic (exact) mass is 351 g/mol. The summed E-state index contributed by atoms with van der Waals surface area (Å²) in [6, 6.07) is 3.98. The smallest absolute Gasteiger partial charge is 0.321 e. The minimum absolute atomic E-state index is 0.0384. The maximum absolute atomic E-state index is 14.3. The molecule has 0 aliphatic carbocycles. The maximum Gasteiger partial charge on any atom is 0.321 e. The lowest BCUT2D eigenvalue weighted by molar-refractivity contribution is -0.384. The Balaban J connectivity index is 1.83. The highest BCUT2D eigenvalue weighted by Gasteiger charge is 2.40. The Hall–Kier alpha value is -2.42. The molecule has 0 saturated carbocycles. The molecule has 2 saturated heterocycles. The van der Waals surface area contributed by atoms with Crippen molar-refractivity contribution >= 4 is 17.4 Å². The van der Waals surface area contributed by atoms with Gasteiger partial charge in [0.15, 0.2) is 11.5 Å². The fraction of sp³-hybridized carbons (Fsp3) is 0.562. The Labute approximate surface area is 145 Å². The normalized spacial score (nSPS) is 25.0. The summed E-state index contributed by atoms with van der Waals surface area (Å²) in [4.78, 5) is 29.8. The number of hydrogen-bond donors (Lipinski definition) is 0. The summed E-state index contributed by atoms with van der Waals surface area (Å²) in [5.41, 5.74) is -0.160. The van der Waals surface area contributed by atoms with Crippen LogP contribution in [0.1, 0.15) is 6.92 Å². The van der Waals surface area contributed by atoms with Gasteiger partial charge in [-0.1, -0.05) is 13.0 Å². The second-order valence-electron chi connectivity index (χ2n) is 6.86. The van der Waals surface area contributed by atoms with Crippen LogP contribution in [0.4, 0.5) is 20.6 Å². The SMILES string of the molecule is CC1CN(c2c(F)cccc2[N+](=O)[O-])CC1N1CN(C)C(=O)N(C)C1. The lowest BCUT2D eigenvalue weighted by atomic mass is 10.1. The van der Waals surface area contributed by atoms with Gasteiger partial charge in [0.05, 0.1) is 18.3 Å². The number of rotatable bonds is 3. The molecule has 2 aliphatic heterocycles. The highest BCUT2D eigenvalue weighted by molar-refractivity contribution is 5.74. The van der Waals surface area contributed by atoms with E-state index in [1.807, 2.05) is 6.92 Å². The van der Waals surface area contributed by atoms with E-state index in [9.17, 15) is 19.3 Å². The Morgan fingerprint density at radius 3 is 2.44 bits per heavy atom. The van der Waals surface area contributed by atoms with Crippen LogP contribution in [-0.4, -0.2) is 72.2 Å². The molecule has 0 radical (unpaired) electrons. The zero-order valence-corrected chi connectivity index (χ0v) is 14.6. The molecule has 3 rings (SSSR count). The van der Waals surface area contributed by atoms with Gasteiger partial charge in [-0.25, -0.2) is 9.18 Å². The fourth-order valence-corrected chi connectivity index (χ4v) is 3.78. The predicted octanol–water partition coefficient (Wildman–Crippen LogP) is 1.77. The number of nitrogens with zero attached hydrogens (tertiary/aromatic N) is 5. The summed E-state index contributed by atoms with van der Waals surface area (Å²) in [6.45, 7) is 4.05. The molecule has 136 valence electrons. The van der Waals surface area contributed by atoms with E-state index in [4.69, 9.17) is 0 Å². The summed E-state index contributed by atoms with van der Waals surface area (Å²) in [6.07, 6.45) is 0. The molecule has 2 aliphatic rings. The molecule has 2 amide bonds. The summed E-state index contributed by atoms with van der Waals surface area (Å²) >= 11 is 0. The lowest BCUT2D eigenvalue weighted by Gasteiger charge is -2.42. The number of carbonyl (C=O) groups excluding carboxylic acids is 1. The van der Waals surface area contributed by atoms with E-state index in [1.54, 1.807) is 28.8 Å². The molecule has 0 bridgehead atoms. The van der Waals surface area contributed by atoms with Crippen molar-refractivity contribution in [2.45, 2.75) is 13.0 Å². The minimum Gasteiger partial charge on any atom is -0.362 e.